The minimum Gasteiger partial charge on any atom is -0.480 e. The van der Waals surface area contributed by atoms with Gasteiger partial charge >= 0.3 is 12.0 Å². The molecule has 172 valence electrons. The zero-order chi connectivity index (χ0) is 22.7. The van der Waals surface area contributed by atoms with Gasteiger partial charge in [-0.2, -0.15) is 5.10 Å². The fraction of sp³-hybridized carbons (Fsp3) is 0.565. The minimum absolute atomic E-state index is 0.136. The molecular formula is C23H31N5O4. The second-order valence-corrected chi connectivity index (χ2v) is 8.84. The molecule has 1 aliphatic carbocycles. The lowest BCUT2D eigenvalue weighted by molar-refractivity contribution is -0.137. The highest BCUT2D eigenvalue weighted by Gasteiger charge is 2.35. The van der Waals surface area contributed by atoms with E-state index in [0.717, 1.165) is 55.1 Å². The molecule has 0 atom stereocenters. The van der Waals surface area contributed by atoms with Crippen molar-refractivity contribution in [2.45, 2.75) is 32.1 Å². The van der Waals surface area contributed by atoms with Gasteiger partial charge in [-0.05, 0) is 26.0 Å². The Morgan fingerprint density at radius 3 is 2.41 bits per heavy atom. The Labute approximate surface area is 188 Å². The van der Waals surface area contributed by atoms with E-state index in [4.69, 9.17) is 0 Å². The molecule has 1 aromatic rings. The number of benzene rings is 1. The molecule has 4 rings (SSSR count). The summed E-state index contributed by atoms with van der Waals surface area (Å²) in [6.07, 6.45) is 5.27. The molecule has 0 aromatic heterocycles. The number of nitrogens with zero attached hydrogens (tertiary/aromatic N) is 5. The molecule has 3 aliphatic rings. The van der Waals surface area contributed by atoms with Crippen molar-refractivity contribution in [3.05, 3.63) is 29.8 Å². The van der Waals surface area contributed by atoms with Gasteiger partial charge in [0.25, 0.3) is 0 Å². The molecule has 2 fully saturated rings. The van der Waals surface area contributed by atoms with Gasteiger partial charge in [0.2, 0.25) is 5.91 Å². The molecule has 32 heavy (non-hydrogen) atoms. The van der Waals surface area contributed by atoms with Gasteiger partial charge in [-0.15, -0.1) is 0 Å². The topological polar surface area (TPSA) is 96.8 Å². The number of para-hydroxylation sites is 1. The van der Waals surface area contributed by atoms with Gasteiger partial charge in [0.15, 0.2) is 0 Å². The second kappa shape index (κ2) is 9.68. The summed E-state index contributed by atoms with van der Waals surface area (Å²) in [5, 5.41) is 15.0. The first-order chi connectivity index (χ1) is 15.4. The number of hydrogen-bond donors (Lipinski definition) is 1. The van der Waals surface area contributed by atoms with E-state index in [-0.39, 0.29) is 18.4 Å². The van der Waals surface area contributed by atoms with Gasteiger partial charge < -0.3 is 14.9 Å². The lowest BCUT2D eigenvalue weighted by Crippen LogP contribution is -2.52. The van der Waals surface area contributed by atoms with E-state index in [1.54, 1.807) is 4.90 Å². The van der Waals surface area contributed by atoms with Crippen LogP contribution in [0.1, 0.15) is 37.7 Å². The number of aliphatic carboxylic acids is 1. The number of rotatable bonds is 5. The summed E-state index contributed by atoms with van der Waals surface area (Å²) in [5.74, 6) is -1.11. The van der Waals surface area contributed by atoms with Crippen molar-refractivity contribution in [3.8, 4) is 0 Å². The highest BCUT2D eigenvalue weighted by molar-refractivity contribution is 6.13. The highest BCUT2D eigenvalue weighted by Crippen LogP contribution is 2.34. The third-order valence-electron chi connectivity index (χ3n) is 6.58. The van der Waals surface area contributed by atoms with E-state index in [0.29, 0.717) is 18.8 Å². The van der Waals surface area contributed by atoms with Crippen LogP contribution in [-0.2, 0) is 9.59 Å². The summed E-state index contributed by atoms with van der Waals surface area (Å²) in [4.78, 5) is 43.4. The van der Waals surface area contributed by atoms with Crippen LogP contribution in [-0.4, -0.2) is 89.9 Å². The fourth-order valence-electron chi connectivity index (χ4n) is 4.75. The molecule has 2 heterocycles. The first-order valence-electron chi connectivity index (χ1n) is 11.4. The largest absolute Gasteiger partial charge is 0.480 e. The molecule has 1 aromatic carbocycles. The SMILES string of the molecule is CN1CCN(C(=O)CN2C(=O)N(CC(=O)O)N=C(C3CCCCC3)c3ccccc32)CC1. The average Bonchev–Trinajstić information content (AvgIpc) is 2.90. The van der Waals surface area contributed by atoms with Crippen LogP contribution in [0, 0.1) is 5.92 Å². The van der Waals surface area contributed by atoms with Gasteiger partial charge in [0, 0.05) is 37.7 Å². The number of fused-ring (bicyclic) bond motifs is 1. The van der Waals surface area contributed by atoms with E-state index < -0.39 is 18.5 Å². The van der Waals surface area contributed by atoms with Gasteiger partial charge in [0.1, 0.15) is 13.1 Å². The number of carbonyl (C=O) groups is 3. The number of carboxylic acid groups (broad SMARTS) is 1. The number of hydrogen-bond acceptors (Lipinski definition) is 5. The number of urea groups is 1. The Kier molecular flexibility index (Phi) is 6.74. The molecular weight excluding hydrogens is 410 g/mol. The Bertz CT molecular complexity index is 903. The Morgan fingerprint density at radius 2 is 1.72 bits per heavy atom. The number of hydrazone groups is 1. The minimum atomic E-state index is -1.14. The number of likely N-dealkylation sites (N-methyl/N-ethyl adjacent to an activating group) is 1. The smallest absolute Gasteiger partial charge is 0.345 e. The van der Waals surface area contributed by atoms with Crippen LogP contribution in [0.5, 0.6) is 0 Å². The predicted octanol–water partition coefficient (Wildman–Crippen LogP) is 2.07. The number of piperazine rings is 1. The van der Waals surface area contributed by atoms with Crippen molar-refractivity contribution in [1.29, 1.82) is 0 Å². The summed E-state index contributed by atoms with van der Waals surface area (Å²) < 4.78 is 0. The quantitative estimate of drug-likeness (QED) is 0.755. The summed E-state index contributed by atoms with van der Waals surface area (Å²) >= 11 is 0. The van der Waals surface area contributed by atoms with E-state index in [1.165, 1.54) is 11.3 Å². The summed E-state index contributed by atoms with van der Waals surface area (Å²) in [6.45, 7) is 2.13. The average molecular weight is 442 g/mol. The van der Waals surface area contributed by atoms with Gasteiger partial charge in [-0.25, -0.2) is 9.80 Å². The maximum absolute atomic E-state index is 13.4. The molecule has 0 radical (unpaired) electrons. The summed E-state index contributed by atoms with van der Waals surface area (Å²) in [5.41, 5.74) is 2.19. The Morgan fingerprint density at radius 1 is 1.03 bits per heavy atom. The van der Waals surface area contributed by atoms with Crippen molar-refractivity contribution in [1.82, 2.24) is 14.8 Å². The van der Waals surface area contributed by atoms with Crippen LogP contribution in [0.3, 0.4) is 0 Å². The van der Waals surface area contributed by atoms with Crippen molar-refractivity contribution >= 4 is 29.3 Å². The van der Waals surface area contributed by atoms with E-state index in [9.17, 15) is 19.5 Å². The fourth-order valence-corrected chi connectivity index (χ4v) is 4.75. The number of carbonyl (C=O) groups excluding carboxylic acids is 2. The number of anilines is 1. The predicted molar refractivity (Wildman–Crippen MR) is 121 cm³/mol. The number of carboxylic acids is 1. The van der Waals surface area contributed by atoms with Crippen molar-refractivity contribution in [3.63, 3.8) is 0 Å². The molecule has 9 heteroatoms. The van der Waals surface area contributed by atoms with E-state index in [1.807, 2.05) is 31.3 Å². The van der Waals surface area contributed by atoms with Crippen LogP contribution in [0.4, 0.5) is 10.5 Å². The van der Waals surface area contributed by atoms with Crippen molar-refractivity contribution in [2.75, 3.05) is 51.2 Å². The van der Waals surface area contributed by atoms with Gasteiger partial charge in [-0.3, -0.25) is 14.5 Å². The van der Waals surface area contributed by atoms with Gasteiger partial charge in [-0.1, -0.05) is 37.5 Å². The summed E-state index contributed by atoms with van der Waals surface area (Å²) in [6, 6.07) is 6.91. The molecule has 9 nitrogen and oxygen atoms in total. The molecule has 1 saturated heterocycles. The van der Waals surface area contributed by atoms with Crippen molar-refractivity contribution < 1.29 is 19.5 Å². The first kappa shape index (κ1) is 22.3. The lowest BCUT2D eigenvalue weighted by Gasteiger charge is -2.34. The zero-order valence-electron chi connectivity index (χ0n) is 18.6. The van der Waals surface area contributed by atoms with Crippen LogP contribution >= 0.6 is 0 Å². The molecule has 0 unspecified atom stereocenters. The van der Waals surface area contributed by atoms with Crippen LogP contribution in [0.15, 0.2) is 29.4 Å². The summed E-state index contributed by atoms with van der Waals surface area (Å²) in [7, 11) is 2.02. The third-order valence-corrected chi connectivity index (χ3v) is 6.58. The maximum Gasteiger partial charge on any atom is 0.345 e. The molecule has 1 N–H and O–H groups in total. The molecule has 3 amide bonds. The van der Waals surface area contributed by atoms with Gasteiger partial charge in [0.05, 0.1) is 11.4 Å². The molecule has 0 bridgehead atoms. The Balaban J connectivity index is 1.68. The number of amides is 3. The van der Waals surface area contributed by atoms with Crippen LogP contribution in [0.25, 0.3) is 0 Å². The van der Waals surface area contributed by atoms with E-state index >= 15 is 0 Å². The molecule has 1 saturated carbocycles. The second-order valence-electron chi connectivity index (χ2n) is 8.84. The lowest BCUT2D eigenvalue weighted by atomic mass is 9.83. The maximum atomic E-state index is 13.4. The first-order valence-corrected chi connectivity index (χ1v) is 11.4. The Hall–Kier alpha value is -2.94. The monoisotopic (exact) mass is 441 g/mol. The molecule has 0 spiro atoms. The third kappa shape index (κ3) is 4.77. The van der Waals surface area contributed by atoms with Crippen LogP contribution in [0.2, 0.25) is 0 Å². The molecule has 2 aliphatic heterocycles. The normalized spacial score (nSPS) is 20.6. The standard InChI is InChI=1S/C23H31N5O4/c1-25-11-13-26(14-12-25)20(29)15-27-19-10-6-5-9-18(19)22(17-7-3-2-4-8-17)24-28(23(27)32)16-21(30)31/h5-6,9-10,17H,2-4,7-8,11-16H2,1H3,(H,30,31). The van der Waals surface area contributed by atoms with Crippen molar-refractivity contribution in [2.24, 2.45) is 11.0 Å². The van der Waals surface area contributed by atoms with E-state index in [2.05, 4.69) is 10.0 Å². The van der Waals surface area contributed by atoms with Crippen LogP contribution < -0.4 is 4.90 Å². The highest BCUT2D eigenvalue weighted by atomic mass is 16.4. The zero-order valence-corrected chi connectivity index (χ0v) is 18.6.